The second-order valence-electron chi connectivity index (χ2n) is 7.41. The van der Waals surface area contributed by atoms with Gasteiger partial charge in [0.2, 0.25) is 0 Å². The molecule has 1 heterocycles. The zero-order valence-corrected chi connectivity index (χ0v) is 14.9. The Balaban J connectivity index is 1.64. The largest absolute Gasteiger partial charge is 0.490 e. The van der Waals surface area contributed by atoms with E-state index < -0.39 is 0 Å². The first-order valence-corrected chi connectivity index (χ1v) is 9.05. The van der Waals surface area contributed by atoms with Crippen LogP contribution >= 0.6 is 0 Å². The van der Waals surface area contributed by atoms with E-state index in [0.29, 0.717) is 12.0 Å². The van der Waals surface area contributed by atoms with Crippen LogP contribution in [0.4, 0.5) is 0 Å². The minimum Gasteiger partial charge on any atom is -0.490 e. The summed E-state index contributed by atoms with van der Waals surface area (Å²) in [5.74, 6) is 1.61. The monoisotopic (exact) mass is 328 g/mol. The van der Waals surface area contributed by atoms with Crippen LogP contribution in [0, 0.1) is 12.8 Å². The fraction of sp³-hybridized carbons (Fsp3) is 0.550. The van der Waals surface area contributed by atoms with Crippen LogP contribution in [0.2, 0.25) is 0 Å². The van der Waals surface area contributed by atoms with Crippen molar-refractivity contribution >= 4 is 10.8 Å². The smallest absolute Gasteiger partial charge is 0.255 e. The number of hydrogen-bond donors (Lipinski definition) is 2. The number of nitrogens with one attached hydrogen (secondary N) is 2. The molecule has 1 aromatic carbocycles. The maximum Gasteiger partial charge on any atom is 0.255 e. The molecule has 0 unspecified atom stereocenters. The number of rotatable bonds is 5. The van der Waals surface area contributed by atoms with Crippen LogP contribution in [0.1, 0.15) is 45.1 Å². The Kier molecular flexibility index (Phi) is 5.24. The number of hydrogen-bond acceptors (Lipinski definition) is 3. The molecule has 3 rings (SSSR count). The third-order valence-corrected chi connectivity index (χ3v) is 4.85. The average Bonchev–Trinajstić information content (AvgIpc) is 2.56. The summed E-state index contributed by atoms with van der Waals surface area (Å²) in [6, 6.07) is 6.49. The van der Waals surface area contributed by atoms with Gasteiger partial charge in [0.1, 0.15) is 5.75 Å². The molecular weight excluding hydrogens is 300 g/mol. The number of fused-ring (bicyclic) bond motifs is 1. The predicted octanol–water partition coefficient (Wildman–Crippen LogP) is 3.77. The van der Waals surface area contributed by atoms with Gasteiger partial charge in [-0.3, -0.25) is 4.79 Å². The molecule has 1 aliphatic rings. The lowest BCUT2D eigenvalue weighted by molar-refractivity contribution is 0.138. The van der Waals surface area contributed by atoms with E-state index in [4.69, 9.17) is 4.74 Å². The van der Waals surface area contributed by atoms with Crippen molar-refractivity contribution in [3.8, 4) is 5.75 Å². The normalized spacial score (nSPS) is 21.3. The molecule has 2 aromatic rings. The zero-order chi connectivity index (χ0) is 17.1. The highest BCUT2D eigenvalue weighted by Crippen LogP contribution is 2.28. The van der Waals surface area contributed by atoms with Crippen molar-refractivity contribution < 1.29 is 4.74 Å². The molecule has 130 valence electrons. The van der Waals surface area contributed by atoms with Crippen LogP contribution in [0.15, 0.2) is 29.2 Å². The molecule has 0 radical (unpaired) electrons. The lowest BCUT2D eigenvalue weighted by Crippen LogP contribution is -2.38. The first-order chi connectivity index (χ1) is 11.5. The van der Waals surface area contributed by atoms with E-state index in [1.807, 2.05) is 25.1 Å². The van der Waals surface area contributed by atoms with E-state index in [1.54, 1.807) is 6.20 Å². The Morgan fingerprint density at radius 3 is 2.71 bits per heavy atom. The standard InChI is InChI=1S/C20H28N2O2/c1-13(2)12-22-16-4-6-17(7-5-16)24-19-11-15-8-9-21-20(23)18(15)10-14(19)3/h8-11,13,16-17,22H,4-7,12H2,1-3H3,(H,21,23)/t16-,17-. The van der Waals surface area contributed by atoms with E-state index in [1.165, 1.54) is 12.8 Å². The minimum atomic E-state index is -0.0427. The topological polar surface area (TPSA) is 54.1 Å². The third kappa shape index (κ3) is 3.99. The van der Waals surface area contributed by atoms with Gasteiger partial charge < -0.3 is 15.0 Å². The molecule has 1 aromatic heterocycles. The highest BCUT2D eigenvalue weighted by atomic mass is 16.5. The average molecular weight is 328 g/mol. The molecule has 1 aliphatic carbocycles. The van der Waals surface area contributed by atoms with E-state index in [9.17, 15) is 4.79 Å². The molecule has 0 atom stereocenters. The van der Waals surface area contributed by atoms with Crippen LogP contribution in [0.3, 0.4) is 0 Å². The van der Waals surface area contributed by atoms with Crippen molar-refractivity contribution in [2.75, 3.05) is 6.54 Å². The van der Waals surface area contributed by atoms with Crippen LogP contribution in [0.25, 0.3) is 10.8 Å². The molecule has 0 aliphatic heterocycles. The second-order valence-corrected chi connectivity index (χ2v) is 7.41. The summed E-state index contributed by atoms with van der Waals surface area (Å²) < 4.78 is 6.27. The summed E-state index contributed by atoms with van der Waals surface area (Å²) in [5.41, 5.74) is 0.984. The van der Waals surface area contributed by atoms with Gasteiger partial charge in [0.15, 0.2) is 0 Å². The highest BCUT2D eigenvalue weighted by Gasteiger charge is 2.22. The summed E-state index contributed by atoms with van der Waals surface area (Å²) >= 11 is 0. The molecule has 0 bridgehead atoms. The number of pyridine rings is 1. The van der Waals surface area contributed by atoms with Gasteiger partial charge in [0.05, 0.1) is 6.10 Å². The van der Waals surface area contributed by atoms with Gasteiger partial charge in [-0.25, -0.2) is 0 Å². The lowest BCUT2D eigenvalue weighted by atomic mass is 9.92. The zero-order valence-electron chi connectivity index (χ0n) is 14.9. The van der Waals surface area contributed by atoms with Gasteiger partial charge in [-0.1, -0.05) is 13.8 Å². The quantitative estimate of drug-likeness (QED) is 0.878. The van der Waals surface area contributed by atoms with Crippen molar-refractivity contribution in [2.24, 2.45) is 5.92 Å². The maximum atomic E-state index is 11.9. The molecule has 2 N–H and O–H groups in total. The van der Waals surface area contributed by atoms with Gasteiger partial charge >= 0.3 is 0 Å². The highest BCUT2D eigenvalue weighted by molar-refractivity contribution is 5.83. The fourth-order valence-electron chi connectivity index (χ4n) is 3.42. The molecule has 4 nitrogen and oxygen atoms in total. The predicted molar refractivity (Wildman–Crippen MR) is 98.8 cm³/mol. The van der Waals surface area contributed by atoms with E-state index in [0.717, 1.165) is 41.5 Å². The number of aromatic amines is 1. The van der Waals surface area contributed by atoms with Crippen molar-refractivity contribution in [1.29, 1.82) is 0 Å². The maximum absolute atomic E-state index is 11.9. The molecule has 4 heteroatoms. The number of H-pyrrole nitrogens is 1. The van der Waals surface area contributed by atoms with Gasteiger partial charge in [0.25, 0.3) is 5.56 Å². The number of ether oxygens (including phenoxy) is 1. The summed E-state index contributed by atoms with van der Waals surface area (Å²) in [5, 5.41) is 5.32. The van der Waals surface area contributed by atoms with Crippen molar-refractivity contribution in [1.82, 2.24) is 10.3 Å². The summed E-state index contributed by atoms with van der Waals surface area (Å²) in [7, 11) is 0. The summed E-state index contributed by atoms with van der Waals surface area (Å²) in [6.45, 7) is 7.59. The van der Waals surface area contributed by atoms with Crippen LogP contribution in [-0.2, 0) is 0 Å². The van der Waals surface area contributed by atoms with Crippen molar-refractivity contribution in [3.05, 3.63) is 40.3 Å². The first kappa shape index (κ1) is 17.0. The van der Waals surface area contributed by atoms with Gasteiger partial charge in [-0.05, 0) is 74.2 Å². The van der Waals surface area contributed by atoms with E-state index in [-0.39, 0.29) is 11.7 Å². The first-order valence-electron chi connectivity index (χ1n) is 9.05. The molecule has 1 fully saturated rings. The minimum absolute atomic E-state index is 0.0427. The van der Waals surface area contributed by atoms with E-state index in [2.05, 4.69) is 24.1 Å². The number of aryl methyl sites for hydroxylation is 1. The summed E-state index contributed by atoms with van der Waals surface area (Å²) in [4.78, 5) is 14.6. The second kappa shape index (κ2) is 7.39. The fourth-order valence-corrected chi connectivity index (χ4v) is 3.42. The Hall–Kier alpha value is -1.81. The van der Waals surface area contributed by atoms with Crippen LogP contribution < -0.4 is 15.6 Å². The molecule has 0 spiro atoms. The van der Waals surface area contributed by atoms with Gasteiger partial charge in [0, 0.05) is 17.6 Å². The molecule has 0 saturated heterocycles. The molecule has 24 heavy (non-hydrogen) atoms. The molecule has 0 amide bonds. The van der Waals surface area contributed by atoms with Crippen LogP contribution in [-0.4, -0.2) is 23.7 Å². The van der Waals surface area contributed by atoms with E-state index >= 15 is 0 Å². The Morgan fingerprint density at radius 2 is 2.00 bits per heavy atom. The Labute approximate surface area is 143 Å². The summed E-state index contributed by atoms with van der Waals surface area (Å²) in [6.07, 6.45) is 6.48. The molecular formula is C20H28N2O2. The van der Waals surface area contributed by atoms with Gasteiger partial charge in [-0.15, -0.1) is 0 Å². The van der Waals surface area contributed by atoms with Crippen LogP contribution in [0.5, 0.6) is 5.75 Å². The SMILES string of the molecule is Cc1cc2c(=O)[nH]ccc2cc1O[C@H]1CC[C@H](NCC(C)C)CC1. The number of benzene rings is 1. The molecule has 1 saturated carbocycles. The Bertz CT molecular complexity index is 743. The van der Waals surface area contributed by atoms with Crippen molar-refractivity contribution in [3.63, 3.8) is 0 Å². The lowest BCUT2D eigenvalue weighted by Gasteiger charge is -2.30. The third-order valence-electron chi connectivity index (χ3n) is 4.85. The number of aromatic nitrogens is 1. The van der Waals surface area contributed by atoms with Crippen molar-refractivity contribution in [2.45, 2.75) is 58.6 Å². The Morgan fingerprint density at radius 1 is 1.25 bits per heavy atom. The van der Waals surface area contributed by atoms with Gasteiger partial charge in [-0.2, -0.15) is 0 Å².